The van der Waals surface area contributed by atoms with Crippen LogP contribution in [-0.4, -0.2) is 24.6 Å². The molecule has 0 amide bonds. The van der Waals surface area contributed by atoms with Crippen LogP contribution in [-0.2, 0) is 19.1 Å². The van der Waals surface area contributed by atoms with Crippen LogP contribution in [0.15, 0.2) is 24.3 Å². The fraction of sp³-hybridized carbons (Fsp3) is 0.500. The second-order valence-electron chi connectivity index (χ2n) is 3.10. The predicted molar refractivity (Wildman–Crippen MR) is 60.8 cm³/mol. The highest BCUT2D eigenvalue weighted by atomic mass is 16.6. The summed E-state index contributed by atoms with van der Waals surface area (Å²) in [4.78, 5) is 22.1. The molecule has 1 atom stereocenters. The Hall–Kier alpha value is -1.58. The summed E-state index contributed by atoms with van der Waals surface area (Å²) in [7, 11) is 0. The third-order valence-electron chi connectivity index (χ3n) is 1.76. The molecule has 0 fully saturated rings. The average molecular weight is 226 g/mol. The van der Waals surface area contributed by atoms with Crippen LogP contribution in [0.2, 0.25) is 0 Å². The van der Waals surface area contributed by atoms with E-state index in [-0.39, 0.29) is 6.61 Å². The molecule has 0 aliphatic carbocycles. The van der Waals surface area contributed by atoms with Crippen LogP contribution in [0, 0.1) is 0 Å². The number of carbonyl (C=O) groups is 2. The lowest BCUT2D eigenvalue weighted by molar-refractivity contribution is -0.152. The molecule has 0 saturated heterocycles. The summed E-state index contributed by atoms with van der Waals surface area (Å²) in [5.41, 5.74) is 0. The molecule has 0 spiro atoms. The first-order valence-corrected chi connectivity index (χ1v) is 5.26. The molecule has 16 heavy (non-hydrogen) atoms. The monoisotopic (exact) mass is 226 g/mol. The van der Waals surface area contributed by atoms with Crippen LogP contribution in [0.3, 0.4) is 0 Å². The van der Waals surface area contributed by atoms with Gasteiger partial charge in [0.25, 0.3) is 0 Å². The third kappa shape index (κ3) is 6.81. The van der Waals surface area contributed by atoms with Crippen LogP contribution in [0.5, 0.6) is 0 Å². The molecular formula is C12H18O4. The number of carbonyl (C=O) groups excluding carboxylic acids is 2. The minimum absolute atomic E-state index is 0.0863. The molecule has 4 heteroatoms. The van der Waals surface area contributed by atoms with Gasteiger partial charge < -0.3 is 9.47 Å². The van der Waals surface area contributed by atoms with Crippen molar-refractivity contribution >= 4 is 11.9 Å². The molecule has 0 heterocycles. The summed E-state index contributed by atoms with van der Waals surface area (Å²) >= 11 is 0. The van der Waals surface area contributed by atoms with Gasteiger partial charge in [-0.1, -0.05) is 19.1 Å². The van der Waals surface area contributed by atoms with Crippen molar-refractivity contribution in [2.75, 3.05) is 6.61 Å². The number of hydrogen-bond acceptors (Lipinski definition) is 4. The quantitative estimate of drug-likeness (QED) is 0.513. The molecular weight excluding hydrogens is 208 g/mol. The Balaban J connectivity index is 4.01. The molecule has 0 aromatic heterocycles. The summed E-state index contributed by atoms with van der Waals surface area (Å²) in [5, 5.41) is 0. The summed E-state index contributed by atoms with van der Waals surface area (Å²) < 4.78 is 9.93. The van der Waals surface area contributed by atoms with Crippen LogP contribution in [0.4, 0.5) is 0 Å². The molecule has 0 aromatic rings. The van der Waals surface area contributed by atoms with Crippen LogP contribution < -0.4 is 0 Å². The van der Waals surface area contributed by atoms with E-state index in [1.807, 2.05) is 6.92 Å². The fourth-order valence-corrected chi connectivity index (χ4v) is 0.934. The lowest BCUT2D eigenvalue weighted by atomic mass is 10.3. The highest BCUT2D eigenvalue weighted by Crippen LogP contribution is 2.01. The molecule has 0 aromatic carbocycles. The first kappa shape index (κ1) is 14.4. The van der Waals surface area contributed by atoms with Gasteiger partial charge >= 0.3 is 11.9 Å². The summed E-state index contributed by atoms with van der Waals surface area (Å²) in [6, 6.07) is 0. The van der Waals surface area contributed by atoms with E-state index in [2.05, 4.69) is 0 Å². The van der Waals surface area contributed by atoms with Crippen molar-refractivity contribution in [1.82, 2.24) is 0 Å². The van der Waals surface area contributed by atoms with Gasteiger partial charge in [0.2, 0.25) is 0 Å². The predicted octanol–water partition coefficient (Wildman–Crippen LogP) is 2.00. The molecule has 0 saturated carbocycles. The van der Waals surface area contributed by atoms with E-state index in [1.54, 1.807) is 26.0 Å². The van der Waals surface area contributed by atoms with Gasteiger partial charge in [-0.25, -0.2) is 9.59 Å². The van der Waals surface area contributed by atoms with Gasteiger partial charge in [0.1, 0.15) is 12.7 Å². The zero-order valence-electron chi connectivity index (χ0n) is 9.93. The number of rotatable bonds is 6. The van der Waals surface area contributed by atoms with E-state index >= 15 is 0 Å². The second-order valence-corrected chi connectivity index (χ2v) is 3.10. The summed E-state index contributed by atoms with van der Waals surface area (Å²) in [6.45, 7) is 5.40. The molecule has 4 nitrogen and oxygen atoms in total. The molecule has 0 N–H and O–H groups in total. The summed E-state index contributed by atoms with van der Waals surface area (Å²) in [5.74, 6) is -0.848. The van der Waals surface area contributed by atoms with Crippen LogP contribution >= 0.6 is 0 Å². The first-order valence-electron chi connectivity index (χ1n) is 5.26. The normalized spacial score (nSPS) is 12.9. The number of ether oxygens (including phenoxy) is 2. The lowest BCUT2D eigenvalue weighted by Gasteiger charge is -2.14. The van der Waals surface area contributed by atoms with Crippen molar-refractivity contribution in [2.45, 2.75) is 33.3 Å². The minimum Gasteiger partial charge on any atom is -0.459 e. The third-order valence-corrected chi connectivity index (χ3v) is 1.76. The summed E-state index contributed by atoms with van der Waals surface area (Å²) in [6.07, 6.45) is 6.05. The van der Waals surface area contributed by atoms with Gasteiger partial charge in [0.05, 0.1) is 0 Å². The molecule has 0 radical (unpaired) electrons. The van der Waals surface area contributed by atoms with Crippen molar-refractivity contribution in [1.29, 1.82) is 0 Å². The molecule has 0 rings (SSSR count). The van der Waals surface area contributed by atoms with E-state index < -0.39 is 18.0 Å². The number of esters is 2. The van der Waals surface area contributed by atoms with Gasteiger partial charge in [0.15, 0.2) is 0 Å². The van der Waals surface area contributed by atoms with Crippen molar-refractivity contribution in [2.24, 2.45) is 0 Å². The van der Waals surface area contributed by atoms with Crippen molar-refractivity contribution in [3.8, 4) is 0 Å². The maximum Gasteiger partial charge on any atom is 0.330 e. The maximum absolute atomic E-state index is 11.1. The Morgan fingerprint density at radius 2 is 1.69 bits per heavy atom. The van der Waals surface area contributed by atoms with Gasteiger partial charge in [-0.05, 0) is 20.3 Å². The molecule has 1 unspecified atom stereocenters. The SMILES string of the molecule is C/C=C/C(=O)OCC(CC)OC(=O)/C=C/C. The zero-order chi connectivity index (χ0) is 12.4. The fourth-order valence-electron chi connectivity index (χ4n) is 0.934. The zero-order valence-corrected chi connectivity index (χ0v) is 9.93. The first-order chi connectivity index (χ1) is 7.63. The Morgan fingerprint density at radius 1 is 1.12 bits per heavy atom. The lowest BCUT2D eigenvalue weighted by Crippen LogP contribution is -2.23. The molecule has 0 aliphatic heterocycles. The smallest absolute Gasteiger partial charge is 0.330 e. The second kappa shape index (κ2) is 8.71. The van der Waals surface area contributed by atoms with Gasteiger partial charge in [-0.2, -0.15) is 0 Å². The van der Waals surface area contributed by atoms with Gasteiger partial charge in [0, 0.05) is 12.2 Å². The van der Waals surface area contributed by atoms with Crippen LogP contribution in [0.1, 0.15) is 27.2 Å². The van der Waals surface area contributed by atoms with E-state index in [9.17, 15) is 9.59 Å². The van der Waals surface area contributed by atoms with Gasteiger partial charge in [-0.15, -0.1) is 0 Å². The highest BCUT2D eigenvalue weighted by molar-refractivity contribution is 5.82. The van der Waals surface area contributed by atoms with E-state index in [0.717, 1.165) is 0 Å². The van der Waals surface area contributed by atoms with Gasteiger partial charge in [-0.3, -0.25) is 0 Å². The van der Waals surface area contributed by atoms with E-state index in [1.165, 1.54) is 12.2 Å². The topological polar surface area (TPSA) is 52.6 Å². The average Bonchev–Trinajstić information content (AvgIpc) is 2.25. The molecule has 0 bridgehead atoms. The molecule has 0 aliphatic rings. The van der Waals surface area contributed by atoms with E-state index in [0.29, 0.717) is 6.42 Å². The van der Waals surface area contributed by atoms with E-state index in [4.69, 9.17) is 9.47 Å². The Kier molecular flexibility index (Phi) is 7.85. The standard InChI is InChI=1S/C12H18O4/c1-4-7-11(13)15-9-10(6-3)16-12(14)8-5-2/h4-5,7-8,10H,6,9H2,1-3H3/b7-4+,8-5+. The van der Waals surface area contributed by atoms with Crippen molar-refractivity contribution in [3.63, 3.8) is 0 Å². The Labute approximate surface area is 95.9 Å². The van der Waals surface area contributed by atoms with Crippen molar-refractivity contribution < 1.29 is 19.1 Å². The Morgan fingerprint density at radius 3 is 2.19 bits per heavy atom. The Bertz CT molecular complexity index is 279. The highest BCUT2D eigenvalue weighted by Gasteiger charge is 2.12. The minimum atomic E-state index is -0.428. The maximum atomic E-state index is 11.1. The van der Waals surface area contributed by atoms with Crippen molar-refractivity contribution in [3.05, 3.63) is 24.3 Å². The number of allylic oxidation sites excluding steroid dienone is 2. The molecule has 90 valence electrons. The largest absolute Gasteiger partial charge is 0.459 e. The van der Waals surface area contributed by atoms with Crippen LogP contribution in [0.25, 0.3) is 0 Å². The number of hydrogen-bond donors (Lipinski definition) is 0.